The predicted octanol–water partition coefficient (Wildman–Crippen LogP) is 4.40. The Morgan fingerprint density at radius 2 is 1.77 bits per heavy atom. The summed E-state index contributed by atoms with van der Waals surface area (Å²) >= 11 is 1.45. The van der Waals surface area contributed by atoms with Gasteiger partial charge in [0.1, 0.15) is 5.75 Å². The van der Waals surface area contributed by atoms with Crippen molar-refractivity contribution in [3.63, 3.8) is 0 Å². The standard InChI is InChI=1S/C18H18N2OS/c19-18-20-17(13-22-18)15-8-10-16(11-9-15)21-12-4-7-14-5-2-1-3-6-14/h1-3,5-6,8-11,13H,4,7,12H2,(H2,19,20). The van der Waals surface area contributed by atoms with E-state index < -0.39 is 0 Å². The van der Waals surface area contributed by atoms with Crippen molar-refractivity contribution in [2.45, 2.75) is 12.8 Å². The molecule has 0 aliphatic heterocycles. The van der Waals surface area contributed by atoms with E-state index >= 15 is 0 Å². The van der Waals surface area contributed by atoms with Crippen LogP contribution in [0.2, 0.25) is 0 Å². The first kappa shape index (κ1) is 14.6. The fourth-order valence-electron chi connectivity index (χ4n) is 2.25. The molecule has 0 unspecified atom stereocenters. The van der Waals surface area contributed by atoms with Crippen LogP contribution >= 0.6 is 11.3 Å². The zero-order valence-electron chi connectivity index (χ0n) is 12.2. The molecular formula is C18H18N2OS. The van der Waals surface area contributed by atoms with Crippen molar-refractivity contribution < 1.29 is 4.74 Å². The number of aromatic nitrogens is 1. The highest BCUT2D eigenvalue weighted by Crippen LogP contribution is 2.25. The van der Waals surface area contributed by atoms with Crippen molar-refractivity contribution in [3.8, 4) is 17.0 Å². The summed E-state index contributed by atoms with van der Waals surface area (Å²) in [6.07, 6.45) is 2.05. The topological polar surface area (TPSA) is 48.1 Å². The first-order valence-electron chi connectivity index (χ1n) is 7.29. The van der Waals surface area contributed by atoms with E-state index in [2.05, 4.69) is 29.2 Å². The van der Waals surface area contributed by atoms with Gasteiger partial charge in [0.15, 0.2) is 5.13 Å². The second-order valence-corrected chi connectivity index (χ2v) is 5.92. The highest BCUT2D eigenvalue weighted by molar-refractivity contribution is 7.13. The van der Waals surface area contributed by atoms with Crippen molar-refractivity contribution in [1.29, 1.82) is 0 Å². The number of anilines is 1. The maximum atomic E-state index is 5.78. The lowest BCUT2D eigenvalue weighted by atomic mass is 10.1. The molecule has 1 aromatic heterocycles. The van der Waals surface area contributed by atoms with Gasteiger partial charge in [-0.25, -0.2) is 4.98 Å². The number of ether oxygens (including phenoxy) is 1. The Kier molecular flexibility index (Phi) is 4.71. The summed E-state index contributed by atoms with van der Waals surface area (Å²) in [6.45, 7) is 0.720. The summed E-state index contributed by atoms with van der Waals surface area (Å²) in [5, 5.41) is 2.56. The minimum absolute atomic E-state index is 0.594. The minimum Gasteiger partial charge on any atom is -0.494 e. The number of nitrogens with two attached hydrogens (primary N) is 1. The van der Waals surface area contributed by atoms with Crippen LogP contribution in [0, 0.1) is 0 Å². The van der Waals surface area contributed by atoms with Gasteiger partial charge in [0, 0.05) is 10.9 Å². The van der Waals surface area contributed by atoms with Crippen LogP contribution < -0.4 is 10.5 Å². The quantitative estimate of drug-likeness (QED) is 0.686. The van der Waals surface area contributed by atoms with Crippen molar-refractivity contribution in [2.24, 2.45) is 0 Å². The highest BCUT2D eigenvalue weighted by atomic mass is 32.1. The lowest BCUT2D eigenvalue weighted by molar-refractivity contribution is 0.311. The Morgan fingerprint density at radius 1 is 1.00 bits per heavy atom. The summed E-state index contributed by atoms with van der Waals surface area (Å²) in [5.74, 6) is 0.889. The molecule has 0 bridgehead atoms. The highest BCUT2D eigenvalue weighted by Gasteiger charge is 2.02. The van der Waals surface area contributed by atoms with Gasteiger partial charge in [-0.1, -0.05) is 30.3 Å². The van der Waals surface area contributed by atoms with Gasteiger partial charge in [0.2, 0.25) is 0 Å². The number of thiazole rings is 1. The van der Waals surface area contributed by atoms with Gasteiger partial charge in [-0.2, -0.15) is 0 Å². The van der Waals surface area contributed by atoms with Gasteiger partial charge in [-0.3, -0.25) is 0 Å². The van der Waals surface area contributed by atoms with Crippen LogP contribution in [0.15, 0.2) is 60.0 Å². The Balaban J connectivity index is 1.49. The number of nitrogen functional groups attached to an aromatic ring is 1. The molecule has 0 aliphatic rings. The minimum atomic E-state index is 0.594. The third-order valence-electron chi connectivity index (χ3n) is 3.39. The Morgan fingerprint density at radius 3 is 2.45 bits per heavy atom. The first-order chi connectivity index (χ1) is 10.8. The molecule has 3 rings (SSSR count). The molecule has 3 aromatic rings. The second kappa shape index (κ2) is 7.09. The molecule has 0 saturated heterocycles. The molecule has 0 spiro atoms. The monoisotopic (exact) mass is 310 g/mol. The van der Waals surface area contributed by atoms with Gasteiger partial charge >= 0.3 is 0 Å². The molecular weight excluding hydrogens is 292 g/mol. The lowest BCUT2D eigenvalue weighted by Crippen LogP contribution is -1.99. The Hall–Kier alpha value is -2.33. The maximum absolute atomic E-state index is 5.78. The number of nitrogens with zero attached hydrogens (tertiary/aromatic N) is 1. The molecule has 0 fully saturated rings. The fourth-order valence-corrected chi connectivity index (χ4v) is 2.83. The summed E-state index contributed by atoms with van der Waals surface area (Å²) in [4.78, 5) is 4.28. The van der Waals surface area contributed by atoms with Gasteiger partial charge in [0.05, 0.1) is 12.3 Å². The van der Waals surface area contributed by atoms with Crippen molar-refractivity contribution in [2.75, 3.05) is 12.3 Å². The average molecular weight is 310 g/mol. The summed E-state index contributed by atoms with van der Waals surface area (Å²) in [6, 6.07) is 18.5. The number of aryl methyl sites for hydroxylation is 1. The van der Waals surface area contributed by atoms with Crippen molar-refractivity contribution in [3.05, 3.63) is 65.5 Å². The van der Waals surface area contributed by atoms with E-state index in [9.17, 15) is 0 Å². The molecule has 0 atom stereocenters. The smallest absolute Gasteiger partial charge is 0.180 e. The third-order valence-corrected chi connectivity index (χ3v) is 4.07. The number of benzene rings is 2. The molecule has 1 heterocycles. The summed E-state index contributed by atoms with van der Waals surface area (Å²) in [5.41, 5.74) is 8.98. The van der Waals surface area contributed by atoms with Crippen molar-refractivity contribution in [1.82, 2.24) is 4.98 Å². The molecule has 0 amide bonds. The number of hydrogen-bond donors (Lipinski definition) is 1. The van der Waals surface area contributed by atoms with E-state index in [1.54, 1.807) is 0 Å². The molecule has 112 valence electrons. The lowest BCUT2D eigenvalue weighted by Gasteiger charge is -2.07. The van der Waals surface area contributed by atoms with Crippen LogP contribution in [0.3, 0.4) is 0 Å². The normalized spacial score (nSPS) is 10.5. The van der Waals surface area contributed by atoms with Crippen LogP contribution in [-0.4, -0.2) is 11.6 Å². The molecule has 22 heavy (non-hydrogen) atoms. The molecule has 2 aromatic carbocycles. The van der Waals surface area contributed by atoms with Crippen LogP contribution in [0.25, 0.3) is 11.3 Å². The van der Waals surface area contributed by atoms with Crippen LogP contribution in [0.5, 0.6) is 5.75 Å². The first-order valence-corrected chi connectivity index (χ1v) is 8.17. The molecule has 3 nitrogen and oxygen atoms in total. The van der Waals surface area contributed by atoms with E-state index in [0.29, 0.717) is 5.13 Å². The largest absolute Gasteiger partial charge is 0.494 e. The number of rotatable bonds is 6. The number of hydrogen-bond acceptors (Lipinski definition) is 4. The summed E-state index contributed by atoms with van der Waals surface area (Å²) in [7, 11) is 0. The van der Waals surface area contributed by atoms with Gasteiger partial charge in [0.25, 0.3) is 0 Å². The van der Waals surface area contributed by atoms with Gasteiger partial charge in [-0.05, 0) is 42.7 Å². The average Bonchev–Trinajstić information content (AvgIpc) is 3.00. The predicted molar refractivity (Wildman–Crippen MR) is 92.2 cm³/mol. The third kappa shape index (κ3) is 3.86. The molecule has 0 aliphatic carbocycles. The molecule has 0 saturated carbocycles. The SMILES string of the molecule is Nc1nc(-c2ccc(OCCCc3ccccc3)cc2)cs1. The molecule has 0 radical (unpaired) electrons. The van der Waals surface area contributed by atoms with E-state index in [1.807, 2.05) is 35.7 Å². The van der Waals surface area contributed by atoms with E-state index in [-0.39, 0.29) is 0 Å². The Bertz CT molecular complexity index is 707. The van der Waals surface area contributed by atoms with E-state index in [4.69, 9.17) is 10.5 Å². The molecule has 2 N–H and O–H groups in total. The zero-order valence-corrected chi connectivity index (χ0v) is 13.1. The van der Waals surface area contributed by atoms with E-state index in [0.717, 1.165) is 36.5 Å². The summed E-state index contributed by atoms with van der Waals surface area (Å²) < 4.78 is 5.78. The fraction of sp³-hybridized carbons (Fsp3) is 0.167. The van der Waals surface area contributed by atoms with Crippen LogP contribution in [-0.2, 0) is 6.42 Å². The van der Waals surface area contributed by atoms with Crippen molar-refractivity contribution >= 4 is 16.5 Å². The van der Waals surface area contributed by atoms with Gasteiger partial charge < -0.3 is 10.5 Å². The Labute approximate surface area is 134 Å². The van der Waals surface area contributed by atoms with Crippen LogP contribution in [0.1, 0.15) is 12.0 Å². The second-order valence-electron chi connectivity index (χ2n) is 5.03. The van der Waals surface area contributed by atoms with Crippen LogP contribution in [0.4, 0.5) is 5.13 Å². The maximum Gasteiger partial charge on any atom is 0.180 e. The van der Waals surface area contributed by atoms with Gasteiger partial charge in [-0.15, -0.1) is 11.3 Å². The van der Waals surface area contributed by atoms with E-state index in [1.165, 1.54) is 16.9 Å². The molecule has 4 heteroatoms. The zero-order chi connectivity index (χ0) is 15.2.